The maximum Gasteiger partial charge on any atom is 0.0325 e. The SMILES string of the molecule is Nc1cccc(SCc2ccccc2-c2ccccc2)c1. The molecular formula is C19H17NS. The van der Waals surface area contributed by atoms with E-state index in [9.17, 15) is 0 Å². The van der Waals surface area contributed by atoms with Gasteiger partial charge < -0.3 is 5.73 Å². The lowest BCUT2D eigenvalue weighted by molar-refractivity contribution is 1.38. The minimum Gasteiger partial charge on any atom is -0.399 e. The van der Waals surface area contributed by atoms with E-state index in [0.717, 1.165) is 11.4 Å². The molecule has 3 aromatic carbocycles. The number of rotatable bonds is 4. The second-order valence-electron chi connectivity index (χ2n) is 4.88. The normalized spacial score (nSPS) is 10.5. The van der Waals surface area contributed by atoms with Crippen molar-refractivity contribution >= 4 is 17.4 Å². The second kappa shape index (κ2) is 6.51. The van der Waals surface area contributed by atoms with Crippen molar-refractivity contribution in [1.29, 1.82) is 0 Å². The third-order valence-electron chi connectivity index (χ3n) is 3.35. The molecule has 3 aromatic rings. The standard InChI is InChI=1S/C19H17NS/c20-17-10-6-11-18(13-17)21-14-16-9-4-5-12-19(16)15-7-2-1-3-8-15/h1-13H,14,20H2. The van der Waals surface area contributed by atoms with Crippen molar-refractivity contribution < 1.29 is 0 Å². The van der Waals surface area contributed by atoms with Crippen molar-refractivity contribution in [3.8, 4) is 11.1 Å². The minimum atomic E-state index is 0.816. The van der Waals surface area contributed by atoms with Gasteiger partial charge in [0.15, 0.2) is 0 Å². The van der Waals surface area contributed by atoms with E-state index in [-0.39, 0.29) is 0 Å². The molecule has 0 bridgehead atoms. The quantitative estimate of drug-likeness (QED) is 0.526. The number of hydrogen-bond acceptors (Lipinski definition) is 2. The fourth-order valence-electron chi connectivity index (χ4n) is 2.31. The fraction of sp³-hybridized carbons (Fsp3) is 0.0526. The van der Waals surface area contributed by atoms with E-state index in [2.05, 4.69) is 54.6 Å². The van der Waals surface area contributed by atoms with Crippen LogP contribution >= 0.6 is 11.8 Å². The summed E-state index contributed by atoms with van der Waals surface area (Å²) in [7, 11) is 0. The molecule has 3 rings (SSSR count). The molecule has 1 nitrogen and oxygen atoms in total. The average Bonchev–Trinajstić information content (AvgIpc) is 2.54. The number of nitrogens with two attached hydrogens (primary N) is 1. The van der Waals surface area contributed by atoms with Gasteiger partial charge in [-0.05, 0) is 34.9 Å². The van der Waals surface area contributed by atoms with Gasteiger partial charge in [-0.15, -0.1) is 11.8 Å². The molecule has 0 amide bonds. The Kier molecular flexibility index (Phi) is 4.27. The Morgan fingerprint density at radius 1 is 0.762 bits per heavy atom. The van der Waals surface area contributed by atoms with Crippen LogP contribution in [-0.2, 0) is 5.75 Å². The van der Waals surface area contributed by atoms with E-state index < -0.39 is 0 Å². The van der Waals surface area contributed by atoms with Gasteiger partial charge in [0.2, 0.25) is 0 Å². The second-order valence-corrected chi connectivity index (χ2v) is 5.93. The summed E-state index contributed by atoms with van der Waals surface area (Å²) in [5, 5.41) is 0. The van der Waals surface area contributed by atoms with Crippen LogP contribution in [0.1, 0.15) is 5.56 Å². The van der Waals surface area contributed by atoms with E-state index >= 15 is 0 Å². The summed E-state index contributed by atoms with van der Waals surface area (Å²) in [6, 6.07) is 27.1. The number of benzene rings is 3. The zero-order valence-electron chi connectivity index (χ0n) is 11.7. The Hall–Kier alpha value is -2.19. The van der Waals surface area contributed by atoms with Crippen LogP contribution in [0.3, 0.4) is 0 Å². The molecule has 0 saturated carbocycles. The van der Waals surface area contributed by atoms with Gasteiger partial charge in [-0.25, -0.2) is 0 Å². The minimum absolute atomic E-state index is 0.816. The van der Waals surface area contributed by atoms with Gasteiger partial charge in [0.25, 0.3) is 0 Å². The van der Waals surface area contributed by atoms with Crippen molar-refractivity contribution in [2.24, 2.45) is 0 Å². The van der Waals surface area contributed by atoms with Crippen LogP contribution in [0.5, 0.6) is 0 Å². The van der Waals surface area contributed by atoms with Crippen molar-refractivity contribution in [1.82, 2.24) is 0 Å². The maximum atomic E-state index is 5.84. The first kappa shape index (κ1) is 13.8. The summed E-state index contributed by atoms with van der Waals surface area (Å²) in [6.45, 7) is 0. The first-order valence-corrected chi connectivity index (χ1v) is 7.93. The van der Waals surface area contributed by atoms with Crippen LogP contribution in [0.15, 0.2) is 83.8 Å². The molecule has 0 heterocycles. The molecule has 0 aromatic heterocycles. The number of nitrogen functional groups attached to an aromatic ring is 1. The number of hydrogen-bond donors (Lipinski definition) is 1. The lowest BCUT2D eigenvalue weighted by Gasteiger charge is -2.10. The van der Waals surface area contributed by atoms with Crippen LogP contribution in [0.4, 0.5) is 5.69 Å². The van der Waals surface area contributed by atoms with Gasteiger partial charge in [-0.3, -0.25) is 0 Å². The highest BCUT2D eigenvalue weighted by molar-refractivity contribution is 7.98. The number of anilines is 1. The van der Waals surface area contributed by atoms with Crippen LogP contribution in [0, 0.1) is 0 Å². The fourth-order valence-corrected chi connectivity index (χ4v) is 3.28. The Labute approximate surface area is 129 Å². The molecule has 0 radical (unpaired) electrons. The third kappa shape index (κ3) is 3.47. The molecule has 2 N–H and O–H groups in total. The topological polar surface area (TPSA) is 26.0 Å². The van der Waals surface area contributed by atoms with Gasteiger partial charge in [0, 0.05) is 16.3 Å². The molecule has 2 heteroatoms. The van der Waals surface area contributed by atoms with Crippen molar-refractivity contribution in [3.05, 3.63) is 84.4 Å². The van der Waals surface area contributed by atoms with E-state index in [4.69, 9.17) is 5.73 Å². The zero-order chi connectivity index (χ0) is 14.5. The molecule has 0 unspecified atom stereocenters. The van der Waals surface area contributed by atoms with E-state index in [1.54, 1.807) is 0 Å². The molecule has 0 aliphatic carbocycles. The largest absolute Gasteiger partial charge is 0.399 e. The Bertz CT molecular complexity index is 722. The Morgan fingerprint density at radius 3 is 2.33 bits per heavy atom. The van der Waals surface area contributed by atoms with Crippen molar-refractivity contribution in [2.45, 2.75) is 10.6 Å². The number of thioether (sulfide) groups is 1. The summed E-state index contributed by atoms with van der Waals surface area (Å²) < 4.78 is 0. The predicted octanol–water partition coefficient (Wildman–Crippen LogP) is 5.23. The first-order valence-electron chi connectivity index (χ1n) is 6.94. The van der Waals surface area contributed by atoms with Gasteiger partial charge in [-0.2, -0.15) is 0 Å². The van der Waals surface area contributed by atoms with Crippen LogP contribution in [0.2, 0.25) is 0 Å². The van der Waals surface area contributed by atoms with Crippen LogP contribution < -0.4 is 5.73 Å². The average molecular weight is 291 g/mol. The molecule has 21 heavy (non-hydrogen) atoms. The Morgan fingerprint density at radius 2 is 1.52 bits per heavy atom. The molecular weight excluding hydrogens is 274 g/mol. The van der Waals surface area contributed by atoms with Crippen molar-refractivity contribution in [2.75, 3.05) is 5.73 Å². The smallest absolute Gasteiger partial charge is 0.0325 e. The summed E-state index contributed by atoms with van der Waals surface area (Å²) >= 11 is 1.82. The summed E-state index contributed by atoms with van der Waals surface area (Å²) in [5.74, 6) is 0.939. The van der Waals surface area contributed by atoms with Gasteiger partial charge in [0.05, 0.1) is 0 Å². The monoisotopic (exact) mass is 291 g/mol. The molecule has 0 aliphatic heterocycles. The highest BCUT2D eigenvalue weighted by Gasteiger charge is 2.05. The molecule has 0 aliphatic rings. The zero-order valence-corrected chi connectivity index (χ0v) is 12.5. The van der Waals surface area contributed by atoms with Gasteiger partial charge in [-0.1, -0.05) is 60.7 Å². The predicted molar refractivity (Wildman–Crippen MR) is 92.3 cm³/mol. The molecule has 0 atom stereocenters. The summed E-state index contributed by atoms with van der Waals surface area (Å²) in [5.41, 5.74) is 10.6. The van der Waals surface area contributed by atoms with Gasteiger partial charge in [0.1, 0.15) is 0 Å². The van der Waals surface area contributed by atoms with Crippen LogP contribution in [-0.4, -0.2) is 0 Å². The molecule has 0 saturated heterocycles. The molecule has 0 fully saturated rings. The maximum absolute atomic E-state index is 5.84. The first-order chi connectivity index (χ1) is 10.3. The van der Waals surface area contributed by atoms with Crippen LogP contribution in [0.25, 0.3) is 11.1 Å². The highest BCUT2D eigenvalue weighted by Crippen LogP contribution is 2.30. The third-order valence-corrected chi connectivity index (χ3v) is 4.40. The van der Waals surface area contributed by atoms with Crippen molar-refractivity contribution in [3.63, 3.8) is 0 Å². The van der Waals surface area contributed by atoms with E-state index in [1.807, 2.05) is 36.0 Å². The lowest BCUT2D eigenvalue weighted by Crippen LogP contribution is -1.88. The van der Waals surface area contributed by atoms with E-state index in [1.165, 1.54) is 21.6 Å². The van der Waals surface area contributed by atoms with E-state index in [0.29, 0.717) is 0 Å². The Balaban J connectivity index is 1.83. The molecule has 104 valence electrons. The highest BCUT2D eigenvalue weighted by atomic mass is 32.2. The lowest BCUT2D eigenvalue weighted by atomic mass is 10.0. The van der Waals surface area contributed by atoms with Gasteiger partial charge >= 0.3 is 0 Å². The summed E-state index contributed by atoms with van der Waals surface area (Å²) in [4.78, 5) is 1.21. The molecule has 0 spiro atoms. The summed E-state index contributed by atoms with van der Waals surface area (Å²) in [6.07, 6.45) is 0.